The number of hydrogen-bond donors (Lipinski definition) is 3. The summed E-state index contributed by atoms with van der Waals surface area (Å²) in [5.74, 6) is -2.85. The van der Waals surface area contributed by atoms with Gasteiger partial charge in [0.05, 0.1) is 0 Å². The molecule has 82 valence electrons. The van der Waals surface area contributed by atoms with Gasteiger partial charge in [-0.05, 0) is 0 Å². The molecule has 0 saturated carbocycles. The van der Waals surface area contributed by atoms with E-state index in [1.165, 1.54) is 0 Å². The second kappa shape index (κ2) is 4.88. The fourth-order valence-corrected chi connectivity index (χ4v) is 1.48. The number of aliphatic carboxylic acids is 2. The van der Waals surface area contributed by atoms with Gasteiger partial charge in [-0.25, -0.2) is 4.72 Å². The molecule has 0 spiro atoms. The Labute approximate surface area is 80.3 Å². The first-order valence-electron chi connectivity index (χ1n) is 3.42. The van der Waals surface area contributed by atoms with Gasteiger partial charge in [-0.3, -0.25) is 9.59 Å². The SMILES string of the molecule is CNS(=O)(=O)N(CC(=O)O)CC(=O)O. The lowest BCUT2D eigenvalue weighted by atomic mass is 10.6. The molecule has 0 aromatic rings. The van der Waals surface area contributed by atoms with Crippen molar-refractivity contribution in [2.75, 3.05) is 20.1 Å². The van der Waals surface area contributed by atoms with Gasteiger partial charge in [-0.2, -0.15) is 12.7 Å². The molecule has 14 heavy (non-hydrogen) atoms. The number of hydrogen-bond acceptors (Lipinski definition) is 4. The molecule has 0 aromatic carbocycles. The zero-order valence-corrected chi connectivity index (χ0v) is 8.11. The van der Waals surface area contributed by atoms with Crippen LogP contribution in [0.1, 0.15) is 0 Å². The molecule has 3 N–H and O–H groups in total. The molecule has 0 rings (SSSR count). The summed E-state index contributed by atoms with van der Waals surface area (Å²) in [5, 5.41) is 16.7. The fraction of sp³-hybridized carbons (Fsp3) is 0.600. The van der Waals surface area contributed by atoms with Crippen molar-refractivity contribution in [2.24, 2.45) is 0 Å². The van der Waals surface area contributed by atoms with E-state index in [9.17, 15) is 18.0 Å². The molecule has 9 heteroatoms. The molecule has 8 nitrogen and oxygen atoms in total. The topological polar surface area (TPSA) is 124 Å². The summed E-state index contributed by atoms with van der Waals surface area (Å²) in [6.45, 7) is -1.79. The van der Waals surface area contributed by atoms with E-state index in [1.807, 2.05) is 4.72 Å². The molecule has 0 bridgehead atoms. The fourth-order valence-electron chi connectivity index (χ4n) is 0.657. The van der Waals surface area contributed by atoms with Crippen molar-refractivity contribution >= 4 is 22.1 Å². The smallest absolute Gasteiger partial charge is 0.318 e. The van der Waals surface area contributed by atoms with Crippen LogP contribution in [0.15, 0.2) is 0 Å². The highest BCUT2D eigenvalue weighted by Gasteiger charge is 2.24. The quantitative estimate of drug-likeness (QED) is 0.477. The van der Waals surface area contributed by atoms with Gasteiger partial charge in [-0.1, -0.05) is 0 Å². The van der Waals surface area contributed by atoms with Crippen molar-refractivity contribution in [3.63, 3.8) is 0 Å². The molecule has 0 fully saturated rings. The first-order valence-corrected chi connectivity index (χ1v) is 4.86. The molecular weight excluding hydrogens is 216 g/mol. The molecule has 0 aliphatic carbocycles. The van der Waals surface area contributed by atoms with E-state index < -0.39 is 35.2 Å². The number of carboxylic acids is 2. The van der Waals surface area contributed by atoms with E-state index in [2.05, 4.69) is 0 Å². The minimum Gasteiger partial charge on any atom is -0.480 e. The summed E-state index contributed by atoms with van der Waals surface area (Å²) in [5.41, 5.74) is 0. The Hall–Kier alpha value is -1.19. The van der Waals surface area contributed by atoms with Crippen LogP contribution < -0.4 is 4.72 Å². The molecule has 0 aromatic heterocycles. The second-order valence-corrected chi connectivity index (χ2v) is 4.14. The summed E-state index contributed by atoms with van der Waals surface area (Å²) in [4.78, 5) is 20.5. The van der Waals surface area contributed by atoms with Gasteiger partial charge >= 0.3 is 11.9 Å². The highest BCUT2D eigenvalue weighted by atomic mass is 32.2. The Balaban J connectivity index is 4.72. The predicted octanol–water partition coefficient (Wildman–Crippen LogP) is -2.08. The van der Waals surface area contributed by atoms with Gasteiger partial charge in [0.15, 0.2) is 0 Å². The molecule has 0 unspecified atom stereocenters. The lowest BCUT2D eigenvalue weighted by Gasteiger charge is -2.16. The van der Waals surface area contributed by atoms with Crippen molar-refractivity contribution in [3.05, 3.63) is 0 Å². The monoisotopic (exact) mass is 226 g/mol. The van der Waals surface area contributed by atoms with Gasteiger partial charge in [-0.15, -0.1) is 0 Å². The molecule has 0 radical (unpaired) electrons. The lowest BCUT2D eigenvalue weighted by molar-refractivity contribution is -0.139. The molecule has 0 heterocycles. The van der Waals surface area contributed by atoms with Crippen LogP contribution in [0.25, 0.3) is 0 Å². The Kier molecular flexibility index (Phi) is 4.47. The van der Waals surface area contributed by atoms with E-state index in [0.29, 0.717) is 4.31 Å². The number of nitrogens with zero attached hydrogens (tertiary/aromatic N) is 1. The summed E-state index contributed by atoms with van der Waals surface area (Å²) in [7, 11) is -2.97. The number of nitrogens with one attached hydrogen (secondary N) is 1. The lowest BCUT2D eigenvalue weighted by Crippen LogP contribution is -2.44. The number of carboxylic acid groups (broad SMARTS) is 2. The average molecular weight is 226 g/mol. The van der Waals surface area contributed by atoms with Gasteiger partial charge in [0.25, 0.3) is 10.2 Å². The normalized spacial score (nSPS) is 11.6. The van der Waals surface area contributed by atoms with Gasteiger partial charge in [0.1, 0.15) is 13.1 Å². The molecule has 0 atom stereocenters. The van der Waals surface area contributed by atoms with Crippen LogP contribution in [0.3, 0.4) is 0 Å². The highest BCUT2D eigenvalue weighted by Crippen LogP contribution is 1.96. The average Bonchev–Trinajstić information content (AvgIpc) is 2.01. The van der Waals surface area contributed by atoms with E-state index in [0.717, 1.165) is 7.05 Å². The maximum absolute atomic E-state index is 11.1. The molecular formula is C5H10N2O6S. The van der Waals surface area contributed by atoms with Crippen LogP contribution in [-0.4, -0.2) is 55.0 Å². The maximum Gasteiger partial charge on any atom is 0.318 e. The van der Waals surface area contributed by atoms with Crippen molar-refractivity contribution in [2.45, 2.75) is 0 Å². The molecule has 0 aliphatic rings. The zero-order valence-electron chi connectivity index (χ0n) is 7.30. The largest absolute Gasteiger partial charge is 0.480 e. The van der Waals surface area contributed by atoms with E-state index >= 15 is 0 Å². The first kappa shape index (κ1) is 12.8. The van der Waals surface area contributed by atoms with Crippen molar-refractivity contribution < 1.29 is 28.2 Å². The third kappa shape index (κ3) is 4.16. The third-order valence-electron chi connectivity index (χ3n) is 1.22. The van der Waals surface area contributed by atoms with Crippen LogP contribution in [0.2, 0.25) is 0 Å². The summed E-state index contributed by atoms with van der Waals surface area (Å²) < 4.78 is 24.2. The summed E-state index contributed by atoms with van der Waals surface area (Å²) in [6.07, 6.45) is 0. The Morgan fingerprint density at radius 1 is 1.21 bits per heavy atom. The van der Waals surface area contributed by atoms with Gasteiger partial charge < -0.3 is 10.2 Å². The second-order valence-electron chi connectivity index (χ2n) is 2.26. The van der Waals surface area contributed by atoms with Gasteiger partial charge in [0, 0.05) is 7.05 Å². The Morgan fingerprint density at radius 2 is 1.57 bits per heavy atom. The van der Waals surface area contributed by atoms with Gasteiger partial charge in [0.2, 0.25) is 0 Å². The highest BCUT2D eigenvalue weighted by molar-refractivity contribution is 7.87. The van der Waals surface area contributed by atoms with Crippen LogP contribution in [0, 0.1) is 0 Å². The Bertz CT molecular complexity index is 307. The zero-order chi connectivity index (χ0) is 11.4. The van der Waals surface area contributed by atoms with Crippen LogP contribution in [0.5, 0.6) is 0 Å². The van der Waals surface area contributed by atoms with E-state index in [1.54, 1.807) is 0 Å². The molecule has 0 saturated heterocycles. The van der Waals surface area contributed by atoms with E-state index in [4.69, 9.17) is 10.2 Å². The van der Waals surface area contributed by atoms with Crippen molar-refractivity contribution in [1.29, 1.82) is 0 Å². The standard InChI is InChI=1S/C5H10N2O6S/c1-6-14(12,13)7(2-4(8)9)3-5(10)11/h6H,2-3H2,1H3,(H,8,9)(H,10,11). The summed E-state index contributed by atoms with van der Waals surface area (Å²) >= 11 is 0. The molecule has 0 aliphatic heterocycles. The minimum atomic E-state index is -4.03. The predicted molar refractivity (Wildman–Crippen MR) is 44.8 cm³/mol. The first-order chi connectivity index (χ1) is 6.29. The van der Waals surface area contributed by atoms with Crippen molar-refractivity contribution in [3.8, 4) is 0 Å². The van der Waals surface area contributed by atoms with Crippen LogP contribution >= 0.6 is 0 Å². The summed E-state index contributed by atoms with van der Waals surface area (Å²) in [6, 6.07) is 0. The number of carbonyl (C=O) groups is 2. The molecule has 0 amide bonds. The van der Waals surface area contributed by atoms with Crippen LogP contribution in [0.4, 0.5) is 0 Å². The Morgan fingerprint density at radius 3 is 1.79 bits per heavy atom. The van der Waals surface area contributed by atoms with Crippen molar-refractivity contribution in [1.82, 2.24) is 9.03 Å². The van der Waals surface area contributed by atoms with Crippen LogP contribution in [-0.2, 0) is 19.8 Å². The third-order valence-corrected chi connectivity index (χ3v) is 2.68. The maximum atomic E-state index is 11.1. The number of rotatable bonds is 6. The van der Waals surface area contributed by atoms with E-state index in [-0.39, 0.29) is 0 Å². The minimum absolute atomic E-state index is 0.303.